The first-order chi connectivity index (χ1) is 18.6. The van der Waals surface area contributed by atoms with Crippen LogP contribution in [0.4, 0.5) is 0 Å². The van der Waals surface area contributed by atoms with Crippen molar-refractivity contribution in [2.24, 2.45) is 11.8 Å². The minimum absolute atomic E-state index is 0.0274. The van der Waals surface area contributed by atoms with Crippen molar-refractivity contribution in [3.05, 3.63) is 35.0 Å². The first-order valence-electron chi connectivity index (χ1n) is 13.6. The molecule has 4 aliphatic rings. The van der Waals surface area contributed by atoms with Crippen molar-refractivity contribution in [2.75, 3.05) is 6.61 Å². The van der Waals surface area contributed by atoms with Crippen molar-refractivity contribution in [2.45, 2.75) is 88.9 Å². The number of piperidine rings is 1. The molecule has 3 fully saturated rings. The Morgan fingerprint density at radius 2 is 1.92 bits per heavy atom. The average molecular weight is 543 g/mol. The molecule has 1 amide bonds. The molecule has 210 valence electrons. The Bertz CT molecular complexity index is 1330. The minimum atomic E-state index is -1.70. The molecular weight excluding hydrogens is 508 g/mol. The number of esters is 1. The summed E-state index contributed by atoms with van der Waals surface area (Å²) >= 11 is 0. The number of amides is 1. The third kappa shape index (κ3) is 3.86. The van der Waals surface area contributed by atoms with Crippen LogP contribution in [0.2, 0.25) is 0 Å². The lowest BCUT2D eigenvalue weighted by molar-refractivity contribution is -0.268. The Morgan fingerprint density at radius 1 is 1.15 bits per heavy atom. The highest BCUT2D eigenvalue weighted by Crippen LogP contribution is 2.51. The number of pyridine rings is 1. The van der Waals surface area contributed by atoms with Crippen LogP contribution in [0.25, 0.3) is 10.9 Å². The lowest BCUT2D eigenvalue weighted by Gasteiger charge is -2.48. The van der Waals surface area contributed by atoms with Gasteiger partial charge < -0.3 is 39.5 Å². The van der Waals surface area contributed by atoms with Gasteiger partial charge in [0, 0.05) is 17.8 Å². The SMILES string of the molecule is CCc1c2c(nc3ccc(O[C@H]4O[C@@H](C)[C@@H](O)[C@@H](O)[C@@H]4O)cc13)C1CC3C(COC(=O)[C@]3(O)CC)C(=O)N1C2. The molecule has 4 aliphatic heterocycles. The molecule has 0 radical (unpaired) electrons. The van der Waals surface area contributed by atoms with Gasteiger partial charge in [-0.3, -0.25) is 9.78 Å². The number of aliphatic hydroxyl groups excluding tert-OH is 3. The van der Waals surface area contributed by atoms with Crippen LogP contribution in [0.15, 0.2) is 18.2 Å². The number of rotatable bonds is 4. The number of hydrogen-bond acceptors (Lipinski definition) is 10. The highest BCUT2D eigenvalue weighted by atomic mass is 16.7. The number of nitrogens with zero attached hydrogens (tertiary/aromatic N) is 2. The quantitative estimate of drug-likeness (QED) is 0.406. The maximum Gasteiger partial charge on any atom is 0.338 e. The molecule has 4 N–H and O–H groups in total. The third-order valence-corrected chi connectivity index (χ3v) is 9.11. The van der Waals surface area contributed by atoms with E-state index < -0.39 is 54.1 Å². The highest BCUT2D eigenvalue weighted by molar-refractivity contribution is 5.89. The van der Waals surface area contributed by atoms with E-state index in [9.17, 15) is 30.0 Å². The van der Waals surface area contributed by atoms with Crippen LogP contribution in [0, 0.1) is 11.8 Å². The predicted molar refractivity (Wildman–Crippen MR) is 135 cm³/mol. The van der Waals surface area contributed by atoms with Crippen LogP contribution < -0.4 is 4.74 Å². The predicted octanol–water partition coefficient (Wildman–Crippen LogP) is 0.721. The second-order valence-electron chi connectivity index (χ2n) is 11.1. The molecule has 2 aromatic rings. The number of benzene rings is 1. The smallest absolute Gasteiger partial charge is 0.338 e. The van der Waals surface area contributed by atoms with E-state index in [2.05, 4.69) is 0 Å². The Labute approximate surface area is 225 Å². The van der Waals surface area contributed by atoms with Crippen molar-refractivity contribution in [3.8, 4) is 5.75 Å². The van der Waals surface area contributed by atoms with Gasteiger partial charge in [0.1, 0.15) is 30.7 Å². The standard InChI is InChI=1S/C28H34N2O9/c1-4-14-15-8-13(39-26-24(33)23(32)22(31)12(3)38-26)6-7-19(15)29-21-16(14)10-30-20(21)9-18-17(25(30)34)11-37-27(35)28(18,36)5-2/h6-8,12,17-18,20,22-24,26,31-33,36H,4-5,9-11H2,1-3H3/t12-,17?,18?,20?,22+,23+,24-,26+,28-/m0/s1. The van der Waals surface area contributed by atoms with Crippen LogP contribution in [-0.4, -0.2) is 85.1 Å². The third-order valence-electron chi connectivity index (χ3n) is 9.11. The monoisotopic (exact) mass is 542 g/mol. The molecule has 11 nitrogen and oxygen atoms in total. The van der Waals surface area contributed by atoms with Gasteiger partial charge in [0.2, 0.25) is 12.2 Å². The van der Waals surface area contributed by atoms with Gasteiger partial charge in [-0.15, -0.1) is 0 Å². The van der Waals surface area contributed by atoms with E-state index in [4.69, 9.17) is 19.2 Å². The molecule has 0 bridgehead atoms. The summed E-state index contributed by atoms with van der Waals surface area (Å²) < 4.78 is 16.7. The summed E-state index contributed by atoms with van der Waals surface area (Å²) in [4.78, 5) is 32.8. The van der Waals surface area contributed by atoms with Gasteiger partial charge in [0.15, 0.2) is 5.60 Å². The zero-order valence-electron chi connectivity index (χ0n) is 22.1. The van der Waals surface area contributed by atoms with Gasteiger partial charge >= 0.3 is 5.97 Å². The van der Waals surface area contributed by atoms with E-state index in [1.807, 2.05) is 6.92 Å². The molecule has 3 unspecified atom stereocenters. The van der Waals surface area contributed by atoms with E-state index in [0.717, 1.165) is 22.2 Å². The minimum Gasteiger partial charge on any atom is -0.463 e. The van der Waals surface area contributed by atoms with Gasteiger partial charge in [-0.05, 0) is 55.5 Å². The topological polar surface area (TPSA) is 159 Å². The number of carbonyl (C=O) groups is 2. The number of aliphatic hydroxyl groups is 4. The lowest BCUT2D eigenvalue weighted by atomic mass is 9.69. The van der Waals surface area contributed by atoms with Gasteiger partial charge in [-0.25, -0.2) is 4.79 Å². The van der Waals surface area contributed by atoms with Gasteiger partial charge in [-0.2, -0.15) is 0 Å². The lowest BCUT2D eigenvalue weighted by Crippen LogP contribution is -2.61. The maximum absolute atomic E-state index is 13.6. The molecule has 3 saturated heterocycles. The van der Waals surface area contributed by atoms with Crippen LogP contribution in [0.1, 0.15) is 56.5 Å². The van der Waals surface area contributed by atoms with Crippen molar-refractivity contribution < 1.29 is 44.2 Å². The number of ether oxygens (including phenoxy) is 3. The molecule has 0 spiro atoms. The summed E-state index contributed by atoms with van der Waals surface area (Å²) in [5, 5.41) is 42.5. The number of aryl methyl sites for hydroxylation is 1. The van der Waals surface area contributed by atoms with E-state index >= 15 is 0 Å². The molecule has 1 aromatic carbocycles. The van der Waals surface area contributed by atoms with Crippen molar-refractivity contribution in [3.63, 3.8) is 0 Å². The van der Waals surface area contributed by atoms with Crippen LogP contribution >= 0.6 is 0 Å². The summed E-state index contributed by atoms with van der Waals surface area (Å²) in [5.41, 5.74) is 1.76. The van der Waals surface area contributed by atoms with Crippen molar-refractivity contribution in [1.82, 2.24) is 9.88 Å². The molecule has 1 aromatic heterocycles. The molecule has 5 heterocycles. The van der Waals surface area contributed by atoms with Crippen molar-refractivity contribution in [1.29, 1.82) is 0 Å². The zero-order chi connectivity index (χ0) is 27.8. The maximum atomic E-state index is 13.6. The molecule has 6 rings (SSSR count). The van der Waals surface area contributed by atoms with E-state index in [1.165, 1.54) is 0 Å². The van der Waals surface area contributed by atoms with Gasteiger partial charge in [-0.1, -0.05) is 13.8 Å². The summed E-state index contributed by atoms with van der Waals surface area (Å²) in [6.07, 6.45) is -4.69. The van der Waals surface area contributed by atoms with Crippen LogP contribution in [0.5, 0.6) is 5.75 Å². The summed E-state index contributed by atoms with van der Waals surface area (Å²) in [6, 6.07) is 4.95. The molecule has 11 heteroatoms. The summed E-state index contributed by atoms with van der Waals surface area (Å²) in [5.74, 6) is -1.53. The Balaban J connectivity index is 1.35. The largest absolute Gasteiger partial charge is 0.463 e. The number of fused-ring (bicyclic) bond motifs is 5. The fraction of sp³-hybridized carbons (Fsp3) is 0.607. The summed E-state index contributed by atoms with van der Waals surface area (Å²) in [6.45, 7) is 5.69. The number of carbonyl (C=O) groups excluding carboxylic acids is 2. The molecule has 39 heavy (non-hydrogen) atoms. The fourth-order valence-electron chi connectivity index (χ4n) is 6.79. The fourth-order valence-corrected chi connectivity index (χ4v) is 6.79. The van der Waals surface area contributed by atoms with Gasteiger partial charge in [0.25, 0.3) is 0 Å². The molecule has 0 aliphatic carbocycles. The summed E-state index contributed by atoms with van der Waals surface area (Å²) in [7, 11) is 0. The zero-order valence-corrected chi connectivity index (χ0v) is 22.1. The van der Waals surface area contributed by atoms with E-state index in [-0.39, 0.29) is 25.0 Å². The first kappa shape index (κ1) is 26.4. The second-order valence-corrected chi connectivity index (χ2v) is 11.1. The highest BCUT2D eigenvalue weighted by Gasteiger charge is 2.59. The normalized spacial score (nSPS) is 37.8. The number of cyclic esters (lactones) is 1. The first-order valence-corrected chi connectivity index (χ1v) is 13.6. The number of aromatic nitrogens is 1. The van der Waals surface area contributed by atoms with E-state index in [1.54, 1.807) is 36.9 Å². The van der Waals surface area contributed by atoms with Crippen LogP contribution in [-0.2, 0) is 32.0 Å². The van der Waals surface area contributed by atoms with Crippen molar-refractivity contribution >= 4 is 22.8 Å². The Kier molecular flexibility index (Phi) is 6.35. The van der Waals surface area contributed by atoms with E-state index in [0.29, 0.717) is 30.7 Å². The van der Waals surface area contributed by atoms with Crippen LogP contribution in [0.3, 0.4) is 0 Å². The molecular formula is C28H34N2O9. The molecule has 0 saturated carbocycles. The van der Waals surface area contributed by atoms with Gasteiger partial charge in [0.05, 0.1) is 29.3 Å². The Morgan fingerprint density at radius 3 is 2.64 bits per heavy atom. The second kappa shape index (κ2) is 9.38. The average Bonchev–Trinajstić information content (AvgIpc) is 3.30. The number of hydrogen-bond donors (Lipinski definition) is 4. The molecule has 9 atom stereocenters. The Hall–Kier alpha value is -2.83.